The van der Waals surface area contributed by atoms with E-state index in [0.29, 0.717) is 10.8 Å². The van der Waals surface area contributed by atoms with Gasteiger partial charge in [-0.25, -0.2) is 14.4 Å². The lowest BCUT2D eigenvalue weighted by Gasteiger charge is -2.19. The molecule has 0 N–H and O–H groups in total. The second-order valence-electron chi connectivity index (χ2n) is 12.1. The summed E-state index contributed by atoms with van der Waals surface area (Å²) >= 11 is 0. The van der Waals surface area contributed by atoms with Gasteiger partial charge in [0.15, 0.2) is 6.79 Å². The smallest absolute Gasteiger partial charge is 0.417 e. The summed E-state index contributed by atoms with van der Waals surface area (Å²) in [7, 11) is 0. The van der Waals surface area contributed by atoms with Gasteiger partial charge in [0.25, 0.3) is 0 Å². The predicted molar refractivity (Wildman–Crippen MR) is 187 cm³/mol. The number of hydrogen-bond acceptors (Lipinski definition) is 9. The van der Waals surface area contributed by atoms with E-state index >= 15 is 0 Å². The maximum Gasteiger partial charge on any atom is 0.417 e. The van der Waals surface area contributed by atoms with E-state index in [-0.39, 0.29) is 63.7 Å². The van der Waals surface area contributed by atoms with Crippen molar-refractivity contribution in [2.45, 2.75) is 25.4 Å². The quantitative estimate of drug-likeness (QED) is 0.0396. The highest BCUT2D eigenvalue weighted by molar-refractivity contribution is 5.87. The van der Waals surface area contributed by atoms with Crippen molar-refractivity contribution in [3.8, 4) is 33.8 Å². The number of carbonyl (C=O) groups is 1. The molecule has 0 aliphatic rings. The largest absolute Gasteiger partial charge is 0.491 e. The molecular weight excluding hydrogens is 738 g/mol. The Bertz CT molecular complexity index is 2360. The van der Waals surface area contributed by atoms with Crippen molar-refractivity contribution in [3.63, 3.8) is 0 Å². The van der Waals surface area contributed by atoms with Crippen molar-refractivity contribution in [1.29, 1.82) is 0 Å². The number of ether oxygens (including phenoxy) is 4. The molecule has 0 aliphatic carbocycles. The third kappa shape index (κ3) is 8.90. The Morgan fingerprint density at radius 2 is 1.09 bits per heavy atom. The van der Waals surface area contributed by atoms with Crippen LogP contribution >= 0.6 is 0 Å². The van der Waals surface area contributed by atoms with E-state index in [9.17, 15) is 40.7 Å². The van der Waals surface area contributed by atoms with Gasteiger partial charge in [-0.15, -0.1) is 0 Å². The summed E-state index contributed by atoms with van der Waals surface area (Å²) in [5.74, 6) is -0.354. The minimum atomic E-state index is -4.70. The van der Waals surface area contributed by atoms with Gasteiger partial charge < -0.3 is 27.8 Å². The van der Waals surface area contributed by atoms with E-state index in [4.69, 9.17) is 27.8 Å². The number of benzene rings is 4. The first kappa shape index (κ1) is 38.4. The Hall–Kier alpha value is -6.35. The van der Waals surface area contributed by atoms with Crippen molar-refractivity contribution < 1.29 is 58.9 Å². The monoisotopic (exact) mass is 766 g/mol. The molecule has 0 radical (unpaired) electrons. The molecular formula is C40H28F6O9. The maximum absolute atomic E-state index is 13.6. The molecule has 0 bridgehead atoms. The zero-order chi connectivity index (χ0) is 39.5. The molecule has 0 saturated carbocycles. The number of esters is 1. The van der Waals surface area contributed by atoms with E-state index in [0.717, 1.165) is 12.1 Å². The molecule has 55 heavy (non-hydrogen) atoms. The highest BCUT2D eigenvalue weighted by Crippen LogP contribution is 2.38. The van der Waals surface area contributed by atoms with Crippen molar-refractivity contribution in [3.05, 3.63) is 141 Å². The third-order valence-electron chi connectivity index (χ3n) is 8.17. The van der Waals surface area contributed by atoms with Crippen LogP contribution in [0.15, 0.2) is 128 Å². The maximum atomic E-state index is 13.6. The van der Waals surface area contributed by atoms with E-state index in [2.05, 4.69) is 6.58 Å². The topological polar surface area (TPSA) is 114 Å². The van der Waals surface area contributed by atoms with Gasteiger partial charge in [0.1, 0.15) is 42.0 Å². The van der Waals surface area contributed by atoms with Crippen LogP contribution in [0, 0.1) is 0 Å². The highest BCUT2D eigenvalue weighted by atomic mass is 19.4. The van der Waals surface area contributed by atoms with Gasteiger partial charge >= 0.3 is 29.6 Å². The van der Waals surface area contributed by atoms with E-state index in [1.54, 1.807) is 0 Å². The molecule has 4 aromatic carbocycles. The summed E-state index contributed by atoms with van der Waals surface area (Å²) < 4.78 is 115. The van der Waals surface area contributed by atoms with Crippen molar-refractivity contribution in [1.82, 2.24) is 0 Å². The number of fused-ring (bicyclic) bond motifs is 2. The van der Waals surface area contributed by atoms with E-state index < -0.39 is 53.6 Å². The first-order valence-corrected chi connectivity index (χ1v) is 16.3. The molecule has 6 aromatic rings. The lowest BCUT2D eigenvalue weighted by Crippen LogP contribution is -2.30. The SMILES string of the molecule is C=C(C)C(=O)OCOC(COc1ccc2cc(-c3ccccc3C(F)(F)F)c(=O)oc2c1)COc1ccc2cc(-c3ccccc3C(F)(F)F)c(=O)oc2c1. The molecule has 284 valence electrons. The average Bonchev–Trinajstić information content (AvgIpc) is 3.14. The van der Waals surface area contributed by atoms with Crippen LogP contribution in [0.5, 0.6) is 11.5 Å². The molecule has 2 heterocycles. The van der Waals surface area contributed by atoms with Gasteiger partial charge in [-0.3, -0.25) is 0 Å². The summed E-state index contributed by atoms with van der Waals surface area (Å²) in [4.78, 5) is 37.6. The Morgan fingerprint density at radius 3 is 1.51 bits per heavy atom. The van der Waals surface area contributed by atoms with Gasteiger partial charge in [0.05, 0.1) is 22.3 Å². The van der Waals surface area contributed by atoms with Gasteiger partial charge in [0.2, 0.25) is 0 Å². The second-order valence-corrected chi connectivity index (χ2v) is 12.1. The number of rotatable bonds is 12. The molecule has 0 amide bonds. The fourth-order valence-corrected chi connectivity index (χ4v) is 5.50. The first-order chi connectivity index (χ1) is 26.1. The highest BCUT2D eigenvalue weighted by Gasteiger charge is 2.35. The van der Waals surface area contributed by atoms with Crippen LogP contribution < -0.4 is 20.7 Å². The molecule has 6 rings (SSSR count). The first-order valence-electron chi connectivity index (χ1n) is 16.3. The fraction of sp³-hybridized carbons (Fsp3) is 0.175. The second kappa shape index (κ2) is 15.6. The van der Waals surface area contributed by atoms with Gasteiger partial charge in [-0.05, 0) is 55.5 Å². The predicted octanol–water partition coefficient (Wildman–Crippen LogP) is 9.19. The van der Waals surface area contributed by atoms with Crippen LogP contribution in [0.2, 0.25) is 0 Å². The molecule has 0 spiro atoms. The summed E-state index contributed by atoms with van der Waals surface area (Å²) in [6.07, 6.45) is -10.3. The molecule has 9 nitrogen and oxygen atoms in total. The number of halogens is 6. The number of alkyl halides is 6. The Morgan fingerprint density at radius 1 is 0.655 bits per heavy atom. The zero-order valence-electron chi connectivity index (χ0n) is 28.6. The standard InChI is InChI=1S/C40H28F6O9/c1-22(2)36(47)53-21-52-27(19-50-25-13-11-23-15-30(37(48)54-34(23)17-25)28-7-3-5-9-32(28)39(41,42)43)20-51-26-14-12-24-16-31(38(49)55-35(24)18-26)29-8-4-6-10-33(29)40(44,45)46/h3-18,27H,1,19-21H2,2H3. The van der Waals surface area contributed by atoms with Gasteiger partial charge in [-0.1, -0.05) is 43.0 Å². The lowest BCUT2D eigenvalue weighted by atomic mass is 10.00. The zero-order valence-corrected chi connectivity index (χ0v) is 28.6. The van der Waals surface area contributed by atoms with Gasteiger partial charge in [-0.2, -0.15) is 26.3 Å². The van der Waals surface area contributed by atoms with Crippen molar-refractivity contribution in [2.75, 3.05) is 20.0 Å². The molecule has 0 aliphatic heterocycles. The molecule has 0 unspecified atom stereocenters. The number of hydrogen-bond donors (Lipinski definition) is 0. The third-order valence-corrected chi connectivity index (χ3v) is 8.17. The molecule has 0 saturated heterocycles. The Kier molecular flexibility index (Phi) is 10.9. The van der Waals surface area contributed by atoms with E-state index in [1.165, 1.54) is 91.9 Å². The van der Waals surface area contributed by atoms with Crippen LogP contribution in [-0.4, -0.2) is 32.1 Å². The van der Waals surface area contributed by atoms with Crippen molar-refractivity contribution in [2.24, 2.45) is 0 Å². The van der Waals surface area contributed by atoms with Crippen LogP contribution in [0.25, 0.3) is 44.2 Å². The molecule has 0 fully saturated rings. The van der Waals surface area contributed by atoms with Crippen LogP contribution in [0.1, 0.15) is 18.1 Å². The summed E-state index contributed by atoms with van der Waals surface area (Å²) in [6.45, 7) is 3.98. The van der Waals surface area contributed by atoms with Gasteiger partial charge in [0, 0.05) is 39.6 Å². The average molecular weight is 767 g/mol. The normalized spacial score (nSPS) is 11.9. The summed E-state index contributed by atoms with van der Waals surface area (Å²) in [5.41, 5.74) is -5.00. The summed E-state index contributed by atoms with van der Waals surface area (Å²) in [5, 5.41) is 0.641. The van der Waals surface area contributed by atoms with E-state index in [1.807, 2.05) is 0 Å². The van der Waals surface area contributed by atoms with Crippen LogP contribution in [-0.2, 0) is 26.6 Å². The Labute approximate surface area is 306 Å². The molecule has 2 aromatic heterocycles. The van der Waals surface area contributed by atoms with Crippen molar-refractivity contribution >= 4 is 27.9 Å². The minimum absolute atomic E-state index is 0.0301. The lowest BCUT2D eigenvalue weighted by molar-refractivity contribution is -0.159. The molecule has 15 heteroatoms. The number of carbonyl (C=O) groups excluding carboxylic acids is 1. The minimum Gasteiger partial charge on any atom is -0.491 e. The van der Waals surface area contributed by atoms with Crippen LogP contribution in [0.4, 0.5) is 26.3 Å². The fourth-order valence-electron chi connectivity index (χ4n) is 5.50. The molecule has 0 atom stereocenters. The van der Waals surface area contributed by atoms with Crippen LogP contribution in [0.3, 0.4) is 0 Å². The summed E-state index contributed by atoms with van der Waals surface area (Å²) in [6, 6.07) is 20.6. The Balaban J connectivity index is 1.19.